The van der Waals surface area contributed by atoms with E-state index in [0.29, 0.717) is 11.2 Å². The van der Waals surface area contributed by atoms with Gasteiger partial charge in [-0.05, 0) is 5.21 Å². The van der Waals surface area contributed by atoms with E-state index in [4.69, 9.17) is 15.6 Å². The third-order valence-electron chi connectivity index (χ3n) is 2.86. The topological polar surface area (TPSA) is 145 Å². The molecule has 4 N–H and O–H groups in total. The monoisotopic (exact) mass is 253 g/mol. The molecule has 2 aromatic heterocycles. The number of anilines is 1. The maximum atomic E-state index is 9.67. The van der Waals surface area contributed by atoms with E-state index < -0.39 is 18.4 Å². The average molecular weight is 253 g/mol. The fourth-order valence-electron chi connectivity index (χ4n) is 1.93. The van der Waals surface area contributed by atoms with Gasteiger partial charge in [0.1, 0.15) is 6.10 Å². The molecule has 0 bridgehead atoms. The van der Waals surface area contributed by atoms with Crippen molar-refractivity contribution in [3.63, 3.8) is 0 Å². The summed E-state index contributed by atoms with van der Waals surface area (Å²) in [4.78, 5) is 0. The maximum Gasteiger partial charge on any atom is 0.208 e. The summed E-state index contributed by atoms with van der Waals surface area (Å²) >= 11 is 0. The van der Waals surface area contributed by atoms with Gasteiger partial charge in [-0.25, -0.2) is 0 Å². The summed E-state index contributed by atoms with van der Waals surface area (Å²) in [5.41, 5.74) is 6.25. The average Bonchev–Trinajstić information content (AvgIpc) is 2.93. The number of aliphatic hydroxyl groups excluding tert-OH is 2. The molecular weight excluding hydrogens is 242 g/mol. The summed E-state index contributed by atoms with van der Waals surface area (Å²) in [6.07, 6.45) is -1.67. The van der Waals surface area contributed by atoms with Crippen LogP contribution in [0.5, 0.6) is 0 Å². The number of aromatic nitrogens is 6. The standard InChI is InChI=1S/C8H11N7O3/c9-7-6-8(12-13-11-7)15(14-10-6)5-1-3(17)4(2-16)18-5/h3-5,16-17H,1-2H2,(H2,9,11,12)/t3-,4+,5+/m0/s1. The van der Waals surface area contributed by atoms with Gasteiger partial charge in [0, 0.05) is 6.42 Å². The zero-order valence-corrected chi connectivity index (χ0v) is 9.21. The molecule has 1 saturated heterocycles. The lowest BCUT2D eigenvalue weighted by Gasteiger charge is -2.11. The van der Waals surface area contributed by atoms with E-state index in [1.54, 1.807) is 0 Å². The van der Waals surface area contributed by atoms with E-state index in [1.165, 1.54) is 4.68 Å². The second-order valence-electron chi connectivity index (χ2n) is 4.00. The Morgan fingerprint density at radius 1 is 1.39 bits per heavy atom. The van der Waals surface area contributed by atoms with Crippen LogP contribution in [0.4, 0.5) is 5.82 Å². The smallest absolute Gasteiger partial charge is 0.208 e. The Balaban J connectivity index is 1.99. The zero-order valence-electron chi connectivity index (χ0n) is 9.21. The van der Waals surface area contributed by atoms with E-state index in [9.17, 15) is 5.11 Å². The Morgan fingerprint density at radius 2 is 2.22 bits per heavy atom. The number of nitrogens with two attached hydrogens (primary N) is 1. The van der Waals surface area contributed by atoms with Crippen molar-refractivity contribution in [3.05, 3.63) is 0 Å². The lowest BCUT2D eigenvalue weighted by Crippen LogP contribution is -2.24. The molecule has 3 heterocycles. The fraction of sp³-hybridized carbons (Fsp3) is 0.625. The molecule has 1 aliphatic heterocycles. The summed E-state index contributed by atoms with van der Waals surface area (Å²) < 4.78 is 6.82. The molecule has 10 nitrogen and oxygen atoms in total. The first kappa shape index (κ1) is 11.2. The van der Waals surface area contributed by atoms with Crippen LogP contribution in [0.2, 0.25) is 0 Å². The van der Waals surface area contributed by atoms with Crippen LogP contribution in [0.15, 0.2) is 0 Å². The second kappa shape index (κ2) is 4.08. The van der Waals surface area contributed by atoms with Gasteiger partial charge in [-0.3, -0.25) is 0 Å². The van der Waals surface area contributed by atoms with Crippen LogP contribution in [-0.4, -0.2) is 59.4 Å². The molecule has 1 fully saturated rings. The Morgan fingerprint density at radius 3 is 2.94 bits per heavy atom. The largest absolute Gasteiger partial charge is 0.394 e. The first-order valence-electron chi connectivity index (χ1n) is 5.35. The van der Waals surface area contributed by atoms with Crippen molar-refractivity contribution < 1.29 is 14.9 Å². The van der Waals surface area contributed by atoms with Crippen LogP contribution in [0, 0.1) is 0 Å². The number of rotatable bonds is 2. The third-order valence-corrected chi connectivity index (χ3v) is 2.86. The number of hydrogen-bond acceptors (Lipinski definition) is 9. The van der Waals surface area contributed by atoms with Gasteiger partial charge in [0.15, 0.2) is 17.6 Å². The third kappa shape index (κ3) is 1.58. The maximum absolute atomic E-state index is 9.67. The first-order valence-corrected chi connectivity index (χ1v) is 5.35. The highest BCUT2D eigenvalue weighted by Gasteiger charge is 2.36. The molecule has 0 saturated carbocycles. The summed E-state index contributed by atoms with van der Waals surface area (Å²) in [6.45, 7) is -0.264. The molecule has 18 heavy (non-hydrogen) atoms. The quantitative estimate of drug-likeness (QED) is 0.544. The molecule has 0 amide bonds. The minimum absolute atomic E-state index is 0.128. The Hall–Kier alpha value is -1.91. The van der Waals surface area contributed by atoms with Gasteiger partial charge in [0.05, 0.1) is 12.7 Å². The van der Waals surface area contributed by atoms with Gasteiger partial charge in [0.2, 0.25) is 5.65 Å². The SMILES string of the molecule is Nc1nnnc2c1nnn2[C@H]1C[C@H](O)[C@@H](CO)O1. The van der Waals surface area contributed by atoms with Crippen LogP contribution in [0.3, 0.4) is 0 Å². The van der Waals surface area contributed by atoms with Crippen molar-refractivity contribution in [2.45, 2.75) is 24.9 Å². The van der Waals surface area contributed by atoms with Crippen molar-refractivity contribution in [2.75, 3.05) is 12.3 Å². The Bertz CT molecular complexity index is 573. The molecule has 3 atom stereocenters. The van der Waals surface area contributed by atoms with Crippen LogP contribution in [0.25, 0.3) is 11.2 Å². The second-order valence-corrected chi connectivity index (χ2v) is 4.00. The number of aliphatic hydroxyl groups is 2. The molecule has 0 unspecified atom stereocenters. The fourth-order valence-corrected chi connectivity index (χ4v) is 1.93. The van der Waals surface area contributed by atoms with Gasteiger partial charge in [-0.1, -0.05) is 5.21 Å². The minimum Gasteiger partial charge on any atom is -0.394 e. The van der Waals surface area contributed by atoms with E-state index >= 15 is 0 Å². The predicted molar refractivity (Wildman–Crippen MR) is 56.9 cm³/mol. The summed E-state index contributed by atoms with van der Waals surface area (Å²) in [7, 11) is 0. The zero-order chi connectivity index (χ0) is 12.7. The normalized spacial score (nSPS) is 28.0. The number of fused-ring (bicyclic) bond motifs is 1. The van der Waals surface area contributed by atoms with Crippen LogP contribution in [0.1, 0.15) is 12.6 Å². The van der Waals surface area contributed by atoms with Crippen LogP contribution < -0.4 is 5.73 Å². The van der Waals surface area contributed by atoms with E-state index in [2.05, 4.69) is 25.7 Å². The Kier molecular flexibility index (Phi) is 2.54. The van der Waals surface area contributed by atoms with Gasteiger partial charge in [-0.2, -0.15) is 4.68 Å². The van der Waals surface area contributed by atoms with E-state index in [1.807, 2.05) is 0 Å². The van der Waals surface area contributed by atoms with Crippen LogP contribution >= 0.6 is 0 Å². The summed E-state index contributed by atoms with van der Waals surface area (Å²) in [6, 6.07) is 0. The highest BCUT2D eigenvalue weighted by Crippen LogP contribution is 2.29. The molecule has 0 radical (unpaired) electrons. The van der Waals surface area contributed by atoms with Crippen molar-refractivity contribution in [1.82, 2.24) is 30.4 Å². The molecule has 0 aromatic carbocycles. The van der Waals surface area contributed by atoms with Crippen LogP contribution in [-0.2, 0) is 4.74 Å². The predicted octanol–water partition coefficient (Wildman–Crippen LogP) is -2.16. The van der Waals surface area contributed by atoms with Gasteiger partial charge in [0.25, 0.3) is 0 Å². The molecule has 0 aliphatic carbocycles. The van der Waals surface area contributed by atoms with Gasteiger partial charge < -0.3 is 20.7 Å². The van der Waals surface area contributed by atoms with Crippen molar-refractivity contribution in [1.29, 1.82) is 0 Å². The molecule has 96 valence electrons. The Labute approximate surface area is 100 Å². The van der Waals surface area contributed by atoms with Gasteiger partial charge in [-0.15, -0.1) is 15.3 Å². The van der Waals surface area contributed by atoms with Crippen molar-refractivity contribution >= 4 is 17.0 Å². The number of nitrogens with zero attached hydrogens (tertiary/aromatic N) is 6. The summed E-state index contributed by atoms with van der Waals surface area (Å²) in [5, 5.41) is 37.2. The molecule has 2 aromatic rings. The molecule has 0 spiro atoms. The van der Waals surface area contributed by atoms with Gasteiger partial charge >= 0.3 is 0 Å². The van der Waals surface area contributed by atoms with Crippen molar-refractivity contribution in [3.8, 4) is 0 Å². The first-order chi connectivity index (χ1) is 8.70. The molecular formula is C8H11N7O3. The number of hydrogen-bond donors (Lipinski definition) is 3. The molecule has 3 rings (SSSR count). The highest BCUT2D eigenvalue weighted by molar-refractivity contribution is 5.79. The number of nitrogen functional groups attached to an aromatic ring is 1. The highest BCUT2D eigenvalue weighted by atomic mass is 16.5. The number of ether oxygens (including phenoxy) is 1. The molecule has 10 heteroatoms. The minimum atomic E-state index is -0.758. The lowest BCUT2D eigenvalue weighted by molar-refractivity contribution is -0.0476. The van der Waals surface area contributed by atoms with E-state index in [-0.39, 0.29) is 18.8 Å². The van der Waals surface area contributed by atoms with Crippen molar-refractivity contribution in [2.24, 2.45) is 0 Å². The molecule has 1 aliphatic rings. The summed E-state index contributed by atoms with van der Waals surface area (Å²) in [5.74, 6) is 0.128. The van der Waals surface area contributed by atoms with E-state index in [0.717, 1.165) is 0 Å². The lowest BCUT2D eigenvalue weighted by atomic mass is 10.2.